The Labute approximate surface area is 72.4 Å². The summed E-state index contributed by atoms with van der Waals surface area (Å²) in [6, 6.07) is 0. The van der Waals surface area contributed by atoms with E-state index in [0.29, 0.717) is 19.4 Å². The Morgan fingerprint density at radius 1 is 1.83 bits per heavy atom. The van der Waals surface area contributed by atoms with E-state index in [4.69, 9.17) is 6.42 Å². The monoisotopic (exact) mass is 167 g/mol. The van der Waals surface area contributed by atoms with Crippen LogP contribution in [0.15, 0.2) is 0 Å². The van der Waals surface area contributed by atoms with Gasteiger partial charge in [0.15, 0.2) is 0 Å². The minimum absolute atomic E-state index is 0.0566. The van der Waals surface area contributed by atoms with Crippen LogP contribution in [0.3, 0.4) is 0 Å². The van der Waals surface area contributed by atoms with Gasteiger partial charge in [-0.3, -0.25) is 4.79 Å². The molecule has 0 aromatic carbocycles. The summed E-state index contributed by atoms with van der Waals surface area (Å²) in [4.78, 5) is 12.8. The van der Waals surface area contributed by atoms with Gasteiger partial charge in [-0.2, -0.15) is 0 Å². The van der Waals surface area contributed by atoms with Crippen LogP contribution in [0.4, 0.5) is 0 Å². The Balaban J connectivity index is 2.58. The fraction of sp³-hybridized carbons (Fsp3) is 0.667. The number of hydrogen-bond acceptors (Lipinski definition) is 2. The van der Waals surface area contributed by atoms with Crippen molar-refractivity contribution < 1.29 is 9.90 Å². The Hall–Kier alpha value is -1.01. The highest BCUT2D eigenvalue weighted by molar-refractivity contribution is 5.76. The van der Waals surface area contributed by atoms with Crippen LogP contribution in [0, 0.1) is 12.3 Å². The molecule has 1 saturated heterocycles. The van der Waals surface area contributed by atoms with E-state index in [1.807, 2.05) is 0 Å². The first-order valence-corrected chi connectivity index (χ1v) is 4.09. The molecule has 12 heavy (non-hydrogen) atoms. The summed E-state index contributed by atoms with van der Waals surface area (Å²) in [5.74, 6) is 2.37. The Morgan fingerprint density at radius 2 is 2.50 bits per heavy atom. The predicted molar refractivity (Wildman–Crippen MR) is 45.3 cm³/mol. The molecule has 1 heterocycles. The third kappa shape index (κ3) is 1.59. The molecule has 0 aliphatic carbocycles. The molecule has 3 heteroatoms. The topological polar surface area (TPSA) is 40.5 Å². The van der Waals surface area contributed by atoms with Crippen LogP contribution < -0.4 is 0 Å². The van der Waals surface area contributed by atoms with E-state index in [2.05, 4.69) is 5.92 Å². The van der Waals surface area contributed by atoms with Crippen LogP contribution in [-0.2, 0) is 4.79 Å². The van der Waals surface area contributed by atoms with Crippen molar-refractivity contribution in [2.45, 2.75) is 25.4 Å². The second-order valence-electron chi connectivity index (χ2n) is 3.09. The van der Waals surface area contributed by atoms with Gasteiger partial charge in [0.05, 0.1) is 6.54 Å². The van der Waals surface area contributed by atoms with E-state index >= 15 is 0 Å². The molecular formula is C9H13NO2. The highest BCUT2D eigenvalue weighted by atomic mass is 16.3. The molecule has 0 radical (unpaired) electrons. The van der Waals surface area contributed by atoms with Gasteiger partial charge in [0.2, 0.25) is 5.91 Å². The highest BCUT2D eigenvalue weighted by Gasteiger charge is 2.35. The summed E-state index contributed by atoms with van der Waals surface area (Å²) >= 11 is 0. The number of aliphatic hydroxyl groups is 1. The summed E-state index contributed by atoms with van der Waals surface area (Å²) in [7, 11) is 0. The van der Waals surface area contributed by atoms with E-state index in [1.165, 1.54) is 0 Å². The molecule has 1 fully saturated rings. The molecule has 1 N–H and O–H groups in total. The van der Waals surface area contributed by atoms with Crippen LogP contribution in [0.1, 0.15) is 19.8 Å². The maximum absolute atomic E-state index is 11.2. The number of amides is 1. The lowest BCUT2D eigenvalue weighted by Crippen LogP contribution is -2.34. The molecule has 0 saturated carbocycles. The summed E-state index contributed by atoms with van der Waals surface area (Å²) in [5.41, 5.74) is -1.08. The second kappa shape index (κ2) is 3.16. The number of β-amino-alcohol motifs (C(OH)–C–C–N with tert-alkyl or cyclic N) is 1. The van der Waals surface area contributed by atoms with Crippen molar-refractivity contribution in [2.24, 2.45) is 0 Å². The lowest BCUT2D eigenvalue weighted by Gasteiger charge is -2.17. The number of carbonyl (C=O) groups excluding carboxylic acids is 1. The maximum Gasteiger partial charge on any atom is 0.222 e. The zero-order chi connectivity index (χ0) is 9.19. The Kier molecular flexibility index (Phi) is 2.39. The van der Waals surface area contributed by atoms with Gasteiger partial charge in [-0.25, -0.2) is 0 Å². The van der Waals surface area contributed by atoms with Crippen LogP contribution in [0.25, 0.3) is 0 Å². The molecule has 0 spiro atoms. The number of hydrogen-bond donors (Lipinski definition) is 1. The normalized spacial score (nSPS) is 28.6. The molecule has 1 atom stereocenters. The molecule has 0 aromatic rings. The summed E-state index contributed by atoms with van der Waals surface area (Å²) < 4.78 is 0. The van der Waals surface area contributed by atoms with Gasteiger partial charge in [0, 0.05) is 19.4 Å². The number of rotatable bonds is 1. The Morgan fingerprint density at radius 3 is 2.92 bits per heavy atom. The fourth-order valence-corrected chi connectivity index (χ4v) is 1.35. The predicted octanol–water partition coefficient (Wildman–Crippen LogP) is -0.00700. The van der Waals surface area contributed by atoms with Crippen LogP contribution in [-0.4, -0.2) is 34.6 Å². The number of nitrogens with zero attached hydrogens (tertiary/aromatic N) is 1. The van der Waals surface area contributed by atoms with Crippen molar-refractivity contribution in [3.63, 3.8) is 0 Å². The first kappa shape index (κ1) is 9.08. The van der Waals surface area contributed by atoms with Crippen molar-refractivity contribution in [3.05, 3.63) is 0 Å². The molecule has 1 rings (SSSR count). The van der Waals surface area contributed by atoms with E-state index in [9.17, 15) is 9.90 Å². The van der Waals surface area contributed by atoms with E-state index in [1.54, 1.807) is 11.8 Å². The highest BCUT2D eigenvalue weighted by Crippen LogP contribution is 2.20. The Bertz CT molecular complexity index is 231. The van der Waals surface area contributed by atoms with E-state index < -0.39 is 5.60 Å². The van der Waals surface area contributed by atoms with Crippen molar-refractivity contribution >= 4 is 5.91 Å². The SMILES string of the molecule is C#CC1(O)CCN(C(=O)CC)C1. The van der Waals surface area contributed by atoms with Crippen LogP contribution in [0.5, 0.6) is 0 Å². The van der Waals surface area contributed by atoms with Gasteiger partial charge in [0.25, 0.3) is 0 Å². The van der Waals surface area contributed by atoms with Crippen molar-refractivity contribution in [1.29, 1.82) is 0 Å². The molecule has 1 unspecified atom stereocenters. The zero-order valence-corrected chi connectivity index (χ0v) is 7.21. The van der Waals surface area contributed by atoms with Gasteiger partial charge in [-0.1, -0.05) is 12.8 Å². The van der Waals surface area contributed by atoms with Crippen molar-refractivity contribution in [2.75, 3.05) is 13.1 Å². The smallest absolute Gasteiger partial charge is 0.222 e. The van der Waals surface area contributed by atoms with Gasteiger partial charge in [-0.15, -0.1) is 6.42 Å². The van der Waals surface area contributed by atoms with Gasteiger partial charge < -0.3 is 10.0 Å². The molecule has 1 amide bonds. The zero-order valence-electron chi connectivity index (χ0n) is 7.21. The number of terminal acetylenes is 1. The summed E-state index contributed by atoms with van der Waals surface area (Å²) in [5, 5.41) is 9.58. The molecule has 0 bridgehead atoms. The lowest BCUT2D eigenvalue weighted by atomic mass is 10.1. The van der Waals surface area contributed by atoms with E-state index in [-0.39, 0.29) is 12.5 Å². The average molecular weight is 167 g/mol. The third-order valence-electron chi connectivity index (χ3n) is 2.17. The third-order valence-corrected chi connectivity index (χ3v) is 2.17. The van der Waals surface area contributed by atoms with Gasteiger partial charge in [-0.05, 0) is 0 Å². The number of likely N-dealkylation sites (tertiary alicyclic amines) is 1. The minimum Gasteiger partial charge on any atom is -0.376 e. The van der Waals surface area contributed by atoms with E-state index in [0.717, 1.165) is 0 Å². The maximum atomic E-state index is 11.2. The van der Waals surface area contributed by atoms with Gasteiger partial charge >= 0.3 is 0 Å². The summed E-state index contributed by atoms with van der Waals surface area (Å²) in [6.07, 6.45) is 6.10. The fourth-order valence-electron chi connectivity index (χ4n) is 1.35. The van der Waals surface area contributed by atoms with Crippen LogP contribution >= 0.6 is 0 Å². The largest absolute Gasteiger partial charge is 0.376 e. The average Bonchev–Trinajstić information content (AvgIpc) is 2.48. The molecule has 3 nitrogen and oxygen atoms in total. The molecule has 1 aliphatic rings. The van der Waals surface area contributed by atoms with Crippen LogP contribution in [0.2, 0.25) is 0 Å². The first-order chi connectivity index (χ1) is 5.61. The molecule has 66 valence electrons. The molecule has 0 aromatic heterocycles. The molecule has 1 aliphatic heterocycles. The standard InChI is InChI=1S/C9H13NO2/c1-3-8(11)10-6-5-9(12,4-2)7-10/h2,12H,3,5-7H2,1H3. The second-order valence-corrected chi connectivity index (χ2v) is 3.09. The van der Waals surface area contributed by atoms with Gasteiger partial charge in [0.1, 0.15) is 5.60 Å². The van der Waals surface area contributed by atoms with Crippen molar-refractivity contribution in [3.8, 4) is 12.3 Å². The summed E-state index contributed by atoms with van der Waals surface area (Å²) in [6.45, 7) is 2.67. The molecular weight excluding hydrogens is 154 g/mol. The quantitative estimate of drug-likeness (QED) is 0.558. The first-order valence-electron chi connectivity index (χ1n) is 4.09. The number of carbonyl (C=O) groups is 1. The lowest BCUT2D eigenvalue weighted by molar-refractivity contribution is -0.130. The minimum atomic E-state index is -1.08. The van der Waals surface area contributed by atoms with Crippen molar-refractivity contribution in [1.82, 2.24) is 4.90 Å².